The summed E-state index contributed by atoms with van der Waals surface area (Å²) >= 11 is 5.54. The van der Waals surface area contributed by atoms with Gasteiger partial charge in [0.25, 0.3) is 0 Å². The molecule has 1 heterocycles. The summed E-state index contributed by atoms with van der Waals surface area (Å²) in [5.41, 5.74) is -0.168. The minimum Gasteiger partial charge on any atom is -0.300 e. The van der Waals surface area contributed by atoms with Crippen LogP contribution in [0, 0.1) is 17.3 Å². The fourth-order valence-corrected chi connectivity index (χ4v) is 7.79. The molecule has 0 radical (unpaired) electrons. The Bertz CT molecular complexity index is 627. The second kappa shape index (κ2) is 4.53. The highest BCUT2D eigenvalue weighted by molar-refractivity contribution is 9.10. The Morgan fingerprint density at radius 3 is 2.55 bits per heavy atom. The van der Waals surface area contributed by atoms with Crippen LogP contribution in [-0.4, -0.2) is 20.4 Å². The van der Waals surface area contributed by atoms with E-state index in [0.29, 0.717) is 11.0 Å². The zero-order chi connectivity index (χ0) is 14.9. The van der Waals surface area contributed by atoms with Gasteiger partial charge in [0.2, 0.25) is 11.0 Å². The van der Waals surface area contributed by atoms with Gasteiger partial charge in [-0.05, 0) is 63.2 Å². The number of hydrogen-bond acceptors (Lipinski definition) is 4. The zero-order valence-electron chi connectivity index (χ0n) is 12.5. The van der Waals surface area contributed by atoms with Crippen LogP contribution in [-0.2, 0) is 4.79 Å². The van der Waals surface area contributed by atoms with Crippen molar-refractivity contribution in [2.45, 2.75) is 61.6 Å². The van der Waals surface area contributed by atoms with Gasteiger partial charge in [-0.2, -0.15) is 0 Å². The van der Waals surface area contributed by atoms with Crippen molar-refractivity contribution >= 4 is 38.3 Å². The molecule has 6 heteroatoms. The van der Waals surface area contributed by atoms with Crippen LogP contribution in [0.5, 0.6) is 0 Å². The summed E-state index contributed by atoms with van der Waals surface area (Å²) < 4.78 is 0.217. The molecule has 2 unspecified atom stereocenters. The van der Waals surface area contributed by atoms with E-state index < -0.39 is 0 Å². The second-order valence-corrected chi connectivity index (χ2v) is 10.8. The molecule has 1 amide bonds. The van der Waals surface area contributed by atoms with Crippen LogP contribution in [0.2, 0.25) is 0 Å². The third kappa shape index (κ3) is 2.17. The first-order chi connectivity index (χ1) is 10.5. The van der Waals surface area contributed by atoms with Crippen LogP contribution in [0.4, 0.5) is 5.13 Å². The fraction of sp³-hybridized carbons (Fsp3) is 0.812. The highest BCUT2D eigenvalue weighted by atomic mass is 79.9. The summed E-state index contributed by atoms with van der Waals surface area (Å²) in [6, 6.07) is 0. The number of rotatable bonds is 3. The van der Waals surface area contributed by atoms with Crippen molar-refractivity contribution in [2.24, 2.45) is 17.3 Å². The summed E-state index contributed by atoms with van der Waals surface area (Å²) in [7, 11) is 0. The maximum atomic E-state index is 13.0. The molecule has 0 spiro atoms. The summed E-state index contributed by atoms with van der Waals surface area (Å²) in [4.78, 5) is 13.0. The number of carbonyl (C=O) groups is 1. The Hall–Kier alpha value is -0.490. The van der Waals surface area contributed by atoms with E-state index in [1.807, 2.05) is 0 Å². The molecule has 4 bridgehead atoms. The van der Waals surface area contributed by atoms with Crippen molar-refractivity contribution in [3.8, 4) is 0 Å². The van der Waals surface area contributed by atoms with Crippen molar-refractivity contribution in [1.82, 2.24) is 10.2 Å². The lowest BCUT2D eigenvalue weighted by atomic mass is 9.49. The number of alkyl halides is 1. The minimum atomic E-state index is -0.168. The fourth-order valence-electron chi connectivity index (χ4n) is 5.43. The molecule has 5 aliphatic carbocycles. The van der Waals surface area contributed by atoms with Crippen molar-refractivity contribution in [2.75, 3.05) is 5.32 Å². The third-order valence-corrected chi connectivity index (χ3v) is 7.99. The van der Waals surface area contributed by atoms with Crippen LogP contribution in [0.15, 0.2) is 0 Å². The molecule has 5 fully saturated rings. The van der Waals surface area contributed by atoms with E-state index in [2.05, 4.69) is 31.4 Å². The van der Waals surface area contributed by atoms with E-state index in [-0.39, 0.29) is 15.6 Å². The molecule has 22 heavy (non-hydrogen) atoms. The normalized spacial score (nSPS) is 42.6. The number of aromatic nitrogens is 2. The molecule has 0 aliphatic heterocycles. The maximum absolute atomic E-state index is 13.0. The van der Waals surface area contributed by atoms with Gasteiger partial charge in [-0.1, -0.05) is 27.3 Å². The van der Waals surface area contributed by atoms with Gasteiger partial charge in [-0.25, -0.2) is 0 Å². The predicted octanol–water partition coefficient (Wildman–Crippen LogP) is 4.09. The smallest absolute Gasteiger partial charge is 0.232 e. The van der Waals surface area contributed by atoms with E-state index >= 15 is 0 Å². The summed E-state index contributed by atoms with van der Waals surface area (Å²) in [6.07, 6.45) is 9.41. The number of anilines is 1. The lowest BCUT2D eigenvalue weighted by molar-refractivity contribution is -0.138. The first kappa shape index (κ1) is 13.9. The van der Waals surface area contributed by atoms with Gasteiger partial charge < -0.3 is 5.32 Å². The van der Waals surface area contributed by atoms with Crippen LogP contribution < -0.4 is 5.32 Å². The molecule has 5 aliphatic rings. The van der Waals surface area contributed by atoms with E-state index in [9.17, 15) is 4.79 Å². The van der Waals surface area contributed by atoms with Gasteiger partial charge in [0.1, 0.15) is 5.01 Å². The largest absolute Gasteiger partial charge is 0.300 e. The van der Waals surface area contributed by atoms with E-state index in [1.165, 1.54) is 32.1 Å². The Labute approximate surface area is 142 Å². The number of carbonyl (C=O) groups excluding carboxylic acids is 1. The number of nitrogens with one attached hydrogen (secondary N) is 1. The number of amides is 1. The van der Waals surface area contributed by atoms with Gasteiger partial charge in [0.15, 0.2) is 0 Å². The highest BCUT2D eigenvalue weighted by Gasteiger charge is 2.59. The molecular weight excluding hydrogens is 362 g/mol. The number of hydrogen-bond donors (Lipinski definition) is 1. The minimum absolute atomic E-state index is 0.168. The number of halogens is 1. The van der Waals surface area contributed by atoms with Crippen molar-refractivity contribution in [3.63, 3.8) is 0 Å². The Morgan fingerprint density at radius 1 is 1.18 bits per heavy atom. The van der Waals surface area contributed by atoms with Gasteiger partial charge in [-0.15, -0.1) is 10.2 Å². The molecule has 118 valence electrons. The van der Waals surface area contributed by atoms with Gasteiger partial charge >= 0.3 is 0 Å². The standard InChI is InChI=1S/C16H20BrN3OS/c17-16-6-9-3-10(7-16)5-15(4-9,8-16)13(21)18-14-20-19-12(22-14)11-1-2-11/h9-11H,1-8H2,(H,18,20,21). The topological polar surface area (TPSA) is 54.9 Å². The molecule has 1 aromatic heterocycles. The maximum Gasteiger partial charge on any atom is 0.232 e. The van der Waals surface area contributed by atoms with E-state index in [1.54, 1.807) is 11.3 Å². The summed E-state index contributed by atoms with van der Waals surface area (Å²) in [5, 5.41) is 13.3. The molecule has 2 atom stereocenters. The number of nitrogens with zero attached hydrogens (tertiary/aromatic N) is 2. The van der Waals surface area contributed by atoms with Gasteiger partial charge in [0, 0.05) is 10.2 Å². The molecular formula is C16H20BrN3OS. The van der Waals surface area contributed by atoms with Gasteiger partial charge in [0.05, 0.1) is 5.41 Å². The second-order valence-electron chi connectivity index (χ2n) is 8.07. The van der Waals surface area contributed by atoms with E-state index in [0.717, 1.165) is 36.1 Å². The molecule has 0 aromatic carbocycles. The van der Waals surface area contributed by atoms with E-state index in [4.69, 9.17) is 0 Å². The van der Waals surface area contributed by atoms with Crippen LogP contribution in [0.1, 0.15) is 62.3 Å². The lowest BCUT2D eigenvalue weighted by Crippen LogP contribution is -2.57. The average molecular weight is 382 g/mol. The quantitative estimate of drug-likeness (QED) is 0.802. The molecule has 6 rings (SSSR count). The van der Waals surface area contributed by atoms with Gasteiger partial charge in [-0.3, -0.25) is 4.79 Å². The van der Waals surface area contributed by atoms with Crippen LogP contribution in [0.3, 0.4) is 0 Å². The Morgan fingerprint density at radius 2 is 1.91 bits per heavy atom. The van der Waals surface area contributed by atoms with Crippen LogP contribution >= 0.6 is 27.3 Å². The van der Waals surface area contributed by atoms with Crippen molar-refractivity contribution in [3.05, 3.63) is 5.01 Å². The first-order valence-electron chi connectivity index (χ1n) is 8.37. The molecule has 1 aromatic rings. The van der Waals surface area contributed by atoms with Crippen molar-refractivity contribution in [1.29, 1.82) is 0 Å². The average Bonchev–Trinajstić information content (AvgIpc) is 3.17. The Balaban J connectivity index is 1.37. The lowest BCUT2D eigenvalue weighted by Gasteiger charge is -2.59. The SMILES string of the molecule is O=C(Nc1nnc(C2CC2)s1)C12CC3CC(CC(Br)(C3)C1)C2. The molecule has 1 N–H and O–H groups in total. The van der Waals surface area contributed by atoms with Crippen molar-refractivity contribution < 1.29 is 4.79 Å². The predicted molar refractivity (Wildman–Crippen MR) is 89.3 cm³/mol. The van der Waals surface area contributed by atoms with Crippen LogP contribution in [0.25, 0.3) is 0 Å². The third-order valence-electron chi connectivity index (χ3n) is 6.06. The summed E-state index contributed by atoms with van der Waals surface area (Å²) in [5.74, 6) is 2.25. The first-order valence-corrected chi connectivity index (χ1v) is 9.98. The Kier molecular flexibility index (Phi) is 2.86. The molecule has 4 nitrogen and oxygen atoms in total. The highest BCUT2D eigenvalue weighted by Crippen LogP contribution is 2.64. The molecule has 5 saturated carbocycles. The zero-order valence-corrected chi connectivity index (χ0v) is 14.9. The summed E-state index contributed by atoms with van der Waals surface area (Å²) in [6.45, 7) is 0. The molecule has 0 saturated heterocycles. The monoisotopic (exact) mass is 381 g/mol.